The summed E-state index contributed by atoms with van der Waals surface area (Å²) in [4.78, 5) is 46.5. The van der Waals surface area contributed by atoms with Gasteiger partial charge in [-0.05, 0) is 25.2 Å². The topological polar surface area (TPSA) is 120 Å². The molecule has 2 bridgehead atoms. The highest BCUT2D eigenvalue weighted by Gasteiger charge is 2.80. The SMILES string of the molecule is C=CCN(CCN1CCOCC1)C(=O)C1N([C@@H](CO)[C@@H](C)CC)C(=O)[C@@H]2[C@H](C(=O)O)[C@@]3(C)OC12CC3C. The Bertz CT molecular complexity index is 908. The number of hydrogen-bond acceptors (Lipinski definition) is 7. The van der Waals surface area contributed by atoms with Crippen molar-refractivity contribution < 1.29 is 34.1 Å². The first kappa shape index (κ1) is 28.0. The Hall–Kier alpha value is -2.01. The largest absolute Gasteiger partial charge is 0.481 e. The molecule has 4 heterocycles. The predicted octanol–water partition coefficient (Wildman–Crippen LogP) is 0.836. The van der Waals surface area contributed by atoms with Gasteiger partial charge >= 0.3 is 5.97 Å². The molecule has 0 radical (unpaired) electrons. The van der Waals surface area contributed by atoms with Crippen molar-refractivity contribution in [2.45, 2.75) is 63.8 Å². The Kier molecular flexibility index (Phi) is 8.05. The first-order valence-electron chi connectivity index (χ1n) is 13.6. The van der Waals surface area contributed by atoms with E-state index in [1.165, 1.54) is 4.90 Å². The van der Waals surface area contributed by atoms with Gasteiger partial charge in [0.25, 0.3) is 0 Å². The predicted molar refractivity (Wildman–Crippen MR) is 136 cm³/mol. The molecule has 0 aromatic carbocycles. The maximum atomic E-state index is 14.4. The molecule has 3 unspecified atom stereocenters. The number of carboxylic acid groups (broad SMARTS) is 1. The number of nitrogens with zero attached hydrogens (tertiary/aromatic N) is 3. The third kappa shape index (κ3) is 4.39. The number of rotatable bonds is 11. The molecule has 10 heteroatoms. The molecule has 10 nitrogen and oxygen atoms in total. The summed E-state index contributed by atoms with van der Waals surface area (Å²) in [5.74, 6) is -4.01. The van der Waals surface area contributed by atoms with Crippen LogP contribution in [0, 0.1) is 23.7 Å². The van der Waals surface area contributed by atoms with Crippen molar-refractivity contribution in [3.05, 3.63) is 12.7 Å². The highest BCUT2D eigenvalue weighted by atomic mass is 16.5. The Balaban J connectivity index is 1.74. The quantitative estimate of drug-likeness (QED) is 0.384. The van der Waals surface area contributed by atoms with Gasteiger partial charge in [-0.3, -0.25) is 19.3 Å². The van der Waals surface area contributed by atoms with Gasteiger partial charge < -0.3 is 29.5 Å². The van der Waals surface area contributed by atoms with E-state index in [9.17, 15) is 24.6 Å². The van der Waals surface area contributed by atoms with Gasteiger partial charge in [0, 0.05) is 32.7 Å². The summed E-state index contributed by atoms with van der Waals surface area (Å²) in [5, 5.41) is 20.7. The highest BCUT2D eigenvalue weighted by Crippen LogP contribution is 2.65. The van der Waals surface area contributed by atoms with E-state index in [1.54, 1.807) is 17.9 Å². The lowest BCUT2D eigenvalue weighted by Gasteiger charge is -2.41. The minimum Gasteiger partial charge on any atom is -0.481 e. The van der Waals surface area contributed by atoms with Gasteiger partial charge in [-0.2, -0.15) is 0 Å². The van der Waals surface area contributed by atoms with Gasteiger partial charge in [0.15, 0.2) is 0 Å². The first-order valence-corrected chi connectivity index (χ1v) is 13.6. The van der Waals surface area contributed by atoms with Crippen molar-refractivity contribution in [3.8, 4) is 0 Å². The maximum absolute atomic E-state index is 14.4. The molecule has 1 spiro atoms. The minimum absolute atomic E-state index is 0.0887. The fourth-order valence-electron chi connectivity index (χ4n) is 7.21. The van der Waals surface area contributed by atoms with E-state index in [1.807, 2.05) is 20.8 Å². The summed E-state index contributed by atoms with van der Waals surface area (Å²) in [6.45, 7) is 15.4. The van der Waals surface area contributed by atoms with Crippen LogP contribution in [0.2, 0.25) is 0 Å². The van der Waals surface area contributed by atoms with Gasteiger partial charge in [0.1, 0.15) is 17.6 Å². The summed E-state index contributed by atoms with van der Waals surface area (Å²) >= 11 is 0. The number of carboxylic acids is 1. The molecule has 4 saturated heterocycles. The Morgan fingerprint density at radius 1 is 1.32 bits per heavy atom. The zero-order chi connectivity index (χ0) is 27.1. The van der Waals surface area contributed by atoms with E-state index in [2.05, 4.69) is 11.5 Å². The summed E-state index contributed by atoms with van der Waals surface area (Å²) < 4.78 is 12.0. The summed E-state index contributed by atoms with van der Waals surface area (Å²) in [6.07, 6.45) is 2.78. The third-order valence-electron chi connectivity index (χ3n) is 9.55. The van der Waals surface area contributed by atoms with Gasteiger partial charge in [0.05, 0.1) is 37.4 Å². The zero-order valence-electron chi connectivity index (χ0n) is 22.6. The lowest BCUT2D eigenvalue weighted by Crippen LogP contribution is -2.60. The van der Waals surface area contributed by atoms with E-state index < -0.39 is 47.0 Å². The van der Waals surface area contributed by atoms with Crippen LogP contribution in [-0.2, 0) is 23.9 Å². The Labute approximate surface area is 219 Å². The molecule has 4 aliphatic heterocycles. The molecule has 0 aromatic rings. The van der Waals surface area contributed by atoms with Crippen LogP contribution in [0.1, 0.15) is 40.5 Å². The average molecular weight is 522 g/mol. The average Bonchev–Trinajstić information content (AvgIpc) is 3.39. The van der Waals surface area contributed by atoms with Crippen molar-refractivity contribution in [1.82, 2.24) is 14.7 Å². The number of carbonyl (C=O) groups excluding carboxylic acids is 2. The van der Waals surface area contributed by atoms with Gasteiger partial charge in [-0.15, -0.1) is 6.58 Å². The second-order valence-electron chi connectivity index (χ2n) is 11.5. The van der Waals surface area contributed by atoms with Crippen molar-refractivity contribution in [3.63, 3.8) is 0 Å². The van der Waals surface area contributed by atoms with E-state index in [0.29, 0.717) is 45.7 Å². The first-order chi connectivity index (χ1) is 17.6. The molecule has 0 aromatic heterocycles. The fourth-order valence-corrected chi connectivity index (χ4v) is 7.21. The molecule has 4 rings (SSSR count). The van der Waals surface area contributed by atoms with E-state index in [-0.39, 0.29) is 24.3 Å². The molecular formula is C27H43N3O7. The van der Waals surface area contributed by atoms with Crippen LogP contribution in [0.3, 0.4) is 0 Å². The number of aliphatic carboxylic acids is 1. The van der Waals surface area contributed by atoms with E-state index >= 15 is 0 Å². The van der Waals surface area contributed by atoms with Crippen molar-refractivity contribution >= 4 is 17.8 Å². The van der Waals surface area contributed by atoms with Gasteiger partial charge in [-0.1, -0.05) is 33.3 Å². The van der Waals surface area contributed by atoms with Crippen LogP contribution in [0.4, 0.5) is 0 Å². The monoisotopic (exact) mass is 521 g/mol. The molecule has 37 heavy (non-hydrogen) atoms. The molecule has 0 aliphatic carbocycles. The van der Waals surface area contributed by atoms with Crippen molar-refractivity contribution in [2.24, 2.45) is 23.7 Å². The number of morpholine rings is 1. The molecule has 2 N–H and O–H groups in total. The zero-order valence-corrected chi connectivity index (χ0v) is 22.6. The number of aliphatic hydroxyl groups excluding tert-OH is 1. The van der Waals surface area contributed by atoms with Crippen LogP contribution in [-0.4, -0.2) is 119 Å². The van der Waals surface area contributed by atoms with Gasteiger partial charge in [0.2, 0.25) is 11.8 Å². The van der Waals surface area contributed by atoms with E-state index in [4.69, 9.17) is 9.47 Å². The second kappa shape index (κ2) is 10.6. The molecule has 208 valence electrons. The Morgan fingerprint density at radius 2 is 2.00 bits per heavy atom. The highest BCUT2D eigenvalue weighted by molar-refractivity contribution is 5.98. The lowest BCUT2D eigenvalue weighted by molar-refractivity contribution is -0.161. The van der Waals surface area contributed by atoms with E-state index in [0.717, 1.165) is 13.1 Å². The van der Waals surface area contributed by atoms with Crippen LogP contribution >= 0.6 is 0 Å². The lowest BCUT2D eigenvalue weighted by atomic mass is 9.62. The number of amides is 2. The summed E-state index contributed by atoms with van der Waals surface area (Å²) in [7, 11) is 0. The number of carbonyl (C=O) groups is 3. The van der Waals surface area contributed by atoms with Crippen LogP contribution in [0.15, 0.2) is 12.7 Å². The number of fused-ring (bicyclic) bond motifs is 1. The summed E-state index contributed by atoms with van der Waals surface area (Å²) in [5.41, 5.74) is -2.29. The second-order valence-corrected chi connectivity index (χ2v) is 11.5. The maximum Gasteiger partial charge on any atom is 0.310 e. The molecule has 0 saturated carbocycles. The molecule has 8 atom stereocenters. The van der Waals surface area contributed by atoms with Crippen molar-refractivity contribution in [1.29, 1.82) is 0 Å². The standard InChI is InChI=1S/C27H43N3O7/c1-6-8-29(10-9-28-11-13-36-14-12-28)24(33)22-27-15-18(4)26(5,37-27)21(25(34)35)20(27)23(32)30(22)19(16-31)17(3)7-2/h6,17-22,31H,1,7-16H2,2-5H3,(H,34,35)/t17-,18?,19-,20-,21+,22?,26-,27?/m0/s1. The van der Waals surface area contributed by atoms with Crippen LogP contribution in [0.5, 0.6) is 0 Å². The number of hydrogen-bond donors (Lipinski definition) is 2. The third-order valence-corrected chi connectivity index (χ3v) is 9.55. The molecule has 4 fully saturated rings. The molecular weight excluding hydrogens is 478 g/mol. The van der Waals surface area contributed by atoms with Gasteiger partial charge in [-0.25, -0.2) is 0 Å². The smallest absolute Gasteiger partial charge is 0.310 e. The number of ether oxygens (including phenoxy) is 2. The number of aliphatic hydroxyl groups is 1. The van der Waals surface area contributed by atoms with Crippen LogP contribution < -0.4 is 0 Å². The normalized spacial score (nSPS) is 36.9. The molecule has 4 aliphatic rings. The van der Waals surface area contributed by atoms with Crippen molar-refractivity contribution in [2.75, 3.05) is 52.5 Å². The number of likely N-dealkylation sites (tertiary alicyclic amines) is 1. The summed E-state index contributed by atoms with van der Waals surface area (Å²) in [6, 6.07) is -1.62. The minimum atomic E-state index is -1.25. The fraction of sp³-hybridized carbons (Fsp3) is 0.815. The van der Waals surface area contributed by atoms with Crippen LogP contribution in [0.25, 0.3) is 0 Å². The Morgan fingerprint density at radius 3 is 2.57 bits per heavy atom. The molecule has 2 amide bonds.